The highest BCUT2D eigenvalue weighted by atomic mass is 79.9. The van der Waals surface area contributed by atoms with E-state index in [4.69, 9.17) is 12.2 Å². The Labute approximate surface area is 118 Å². The van der Waals surface area contributed by atoms with Gasteiger partial charge in [-0.1, -0.05) is 36.4 Å². The van der Waals surface area contributed by atoms with Crippen molar-refractivity contribution >= 4 is 39.2 Å². The van der Waals surface area contributed by atoms with Gasteiger partial charge in [0.1, 0.15) is 0 Å². The van der Waals surface area contributed by atoms with Gasteiger partial charge < -0.3 is 9.55 Å². The van der Waals surface area contributed by atoms with Gasteiger partial charge in [0.2, 0.25) is 0 Å². The second-order valence-corrected chi connectivity index (χ2v) is 5.38. The van der Waals surface area contributed by atoms with Gasteiger partial charge in [0.05, 0.1) is 17.6 Å². The molecule has 90 valence electrons. The lowest BCUT2D eigenvalue weighted by Crippen LogP contribution is -1.99. The molecule has 3 aromatic rings. The van der Waals surface area contributed by atoms with Crippen molar-refractivity contribution < 1.29 is 0 Å². The maximum absolute atomic E-state index is 5.40. The van der Waals surface area contributed by atoms with E-state index in [2.05, 4.69) is 43.7 Å². The molecule has 0 atom stereocenters. The zero-order valence-electron chi connectivity index (χ0n) is 9.56. The minimum atomic E-state index is 0.751. The maximum Gasteiger partial charge on any atom is 0.178 e. The Balaban J connectivity index is 2.15. The van der Waals surface area contributed by atoms with Crippen LogP contribution in [0.2, 0.25) is 0 Å². The highest BCUT2D eigenvalue weighted by Gasteiger charge is 2.06. The van der Waals surface area contributed by atoms with E-state index in [-0.39, 0.29) is 0 Å². The van der Waals surface area contributed by atoms with E-state index in [1.54, 1.807) is 0 Å². The van der Waals surface area contributed by atoms with Crippen LogP contribution in [-0.4, -0.2) is 9.55 Å². The molecule has 3 rings (SSSR count). The number of hydrogen-bond acceptors (Lipinski definition) is 1. The first-order valence-corrected chi connectivity index (χ1v) is 6.87. The monoisotopic (exact) mass is 318 g/mol. The molecule has 1 aromatic heterocycles. The minimum absolute atomic E-state index is 0.751. The number of fused-ring (bicyclic) bond motifs is 1. The van der Waals surface area contributed by atoms with Crippen molar-refractivity contribution in [2.75, 3.05) is 0 Å². The van der Waals surface area contributed by atoms with Crippen LogP contribution in [0, 0.1) is 4.77 Å². The molecule has 0 spiro atoms. The fourth-order valence-electron chi connectivity index (χ4n) is 2.07. The lowest BCUT2D eigenvalue weighted by molar-refractivity contribution is 0.810. The van der Waals surface area contributed by atoms with Crippen LogP contribution < -0.4 is 0 Å². The van der Waals surface area contributed by atoms with Crippen LogP contribution >= 0.6 is 28.1 Å². The molecule has 4 heteroatoms. The van der Waals surface area contributed by atoms with E-state index in [1.807, 2.05) is 30.3 Å². The molecule has 1 N–H and O–H groups in total. The highest BCUT2D eigenvalue weighted by Crippen LogP contribution is 2.23. The largest absolute Gasteiger partial charge is 0.330 e. The molecular formula is C14H11BrN2S. The summed E-state index contributed by atoms with van der Waals surface area (Å²) in [4.78, 5) is 3.25. The molecule has 0 amide bonds. The van der Waals surface area contributed by atoms with Crippen molar-refractivity contribution in [1.29, 1.82) is 0 Å². The lowest BCUT2D eigenvalue weighted by Gasteiger charge is -2.04. The lowest BCUT2D eigenvalue weighted by atomic mass is 10.2. The number of rotatable bonds is 2. The van der Waals surface area contributed by atoms with Crippen LogP contribution in [0.1, 0.15) is 5.56 Å². The van der Waals surface area contributed by atoms with E-state index in [0.29, 0.717) is 0 Å². The van der Waals surface area contributed by atoms with Gasteiger partial charge in [-0.3, -0.25) is 0 Å². The number of H-pyrrole nitrogens is 1. The summed E-state index contributed by atoms with van der Waals surface area (Å²) in [6.45, 7) is 0.788. The number of nitrogens with one attached hydrogen (secondary N) is 1. The summed E-state index contributed by atoms with van der Waals surface area (Å²) < 4.78 is 3.91. The third-order valence-corrected chi connectivity index (χ3v) is 3.93. The second-order valence-electron chi connectivity index (χ2n) is 4.14. The molecule has 0 saturated heterocycles. The van der Waals surface area contributed by atoms with Gasteiger partial charge in [0, 0.05) is 4.47 Å². The Bertz CT molecular complexity index is 743. The van der Waals surface area contributed by atoms with Crippen LogP contribution in [0.5, 0.6) is 0 Å². The molecule has 0 aliphatic rings. The number of aromatic amines is 1. The Morgan fingerprint density at radius 3 is 2.61 bits per heavy atom. The van der Waals surface area contributed by atoms with Gasteiger partial charge >= 0.3 is 0 Å². The van der Waals surface area contributed by atoms with Crippen LogP contribution in [0.4, 0.5) is 0 Å². The summed E-state index contributed by atoms with van der Waals surface area (Å²) in [5.74, 6) is 0. The number of benzene rings is 2. The Kier molecular flexibility index (Phi) is 3.06. The van der Waals surface area contributed by atoms with Crippen LogP contribution in [-0.2, 0) is 6.54 Å². The quantitative estimate of drug-likeness (QED) is 0.689. The average Bonchev–Trinajstić information content (AvgIpc) is 2.70. The standard InChI is InChI=1S/C14H11BrN2S/c15-11-7-4-8-12-13(11)16-14(18)17(12)9-10-5-2-1-3-6-10/h1-8H,9H2,(H,16,18). The average molecular weight is 319 g/mol. The van der Waals surface area contributed by atoms with Gasteiger partial charge in [-0.05, 0) is 45.8 Å². The number of halogens is 1. The number of para-hydroxylation sites is 1. The van der Waals surface area contributed by atoms with Crippen molar-refractivity contribution in [3.63, 3.8) is 0 Å². The Morgan fingerprint density at radius 1 is 1.06 bits per heavy atom. The molecule has 2 aromatic carbocycles. The summed E-state index contributed by atoms with van der Waals surface area (Å²) in [6, 6.07) is 16.4. The van der Waals surface area contributed by atoms with E-state index < -0.39 is 0 Å². The predicted octanol–water partition coefficient (Wildman–Crippen LogP) is 4.51. The molecule has 18 heavy (non-hydrogen) atoms. The first kappa shape index (κ1) is 11.7. The SMILES string of the molecule is S=c1[nH]c2c(Br)cccc2n1Cc1ccccc1. The van der Waals surface area contributed by atoms with E-state index >= 15 is 0 Å². The number of aromatic nitrogens is 2. The number of hydrogen-bond donors (Lipinski definition) is 1. The summed E-state index contributed by atoms with van der Waals surface area (Å²) in [5, 5.41) is 0. The fourth-order valence-corrected chi connectivity index (χ4v) is 2.79. The molecule has 0 bridgehead atoms. The Hall–Kier alpha value is -1.39. The summed E-state index contributed by atoms with van der Waals surface area (Å²) in [6.07, 6.45) is 0. The summed E-state index contributed by atoms with van der Waals surface area (Å²) in [5.41, 5.74) is 3.42. The van der Waals surface area contributed by atoms with Crippen LogP contribution in [0.15, 0.2) is 53.0 Å². The number of nitrogens with zero attached hydrogens (tertiary/aromatic N) is 1. The summed E-state index contributed by atoms with van der Waals surface area (Å²) >= 11 is 8.94. The van der Waals surface area contributed by atoms with E-state index in [1.165, 1.54) is 5.56 Å². The van der Waals surface area contributed by atoms with Gasteiger partial charge in [-0.2, -0.15) is 0 Å². The fraction of sp³-hybridized carbons (Fsp3) is 0.0714. The normalized spacial score (nSPS) is 10.9. The van der Waals surface area contributed by atoms with Gasteiger partial charge in [-0.25, -0.2) is 0 Å². The zero-order chi connectivity index (χ0) is 12.5. The maximum atomic E-state index is 5.40. The predicted molar refractivity (Wildman–Crippen MR) is 80.4 cm³/mol. The first-order chi connectivity index (χ1) is 8.75. The van der Waals surface area contributed by atoms with E-state index in [0.717, 1.165) is 26.8 Å². The summed E-state index contributed by atoms with van der Waals surface area (Å²) in [7, 11) is 0. The third kappa shape index (κ3) is 2.02. The molecule has 2 nitrogen and oxygen atoms in total. The second kappa shape index (κ2) is 4.71. The molecule has 0 fully saturated rings. The minimum Gasteiger partial charge on any atom is -0.330 e. The van der Waals surface area contributed by atoms with Crippen molar-refractivity contribution in [3.8, 4) is 0 Å². The van der Waals surface area contributed by atoms with Gasteiger partial charge in [0.25, 0.3) is 0 Å². The topological polar surface area (TPSA) is 20.7 Å². The molecule has 0 aliphatic heterocycles. The molecule has 0 radical (unpaired) electrons. The van der Waals surface area contributed by atoms with Crippen LogP contribution in [0.3, 0.4) is 0 Å². The number of imidazole rings is 1. The molecular weight excluding hydrogens is 308 g/mol. The molecule has 1 heterocycles. The van der Waals surface area contributed by atoms with Crippen molar-refractivity contribution in [3.05, 3.63) is 63.3 Å². The van der Waals surface area contributed by atoms with Gasteiger partial charge in [-0.15, -0.1) is 0 Å². The van der Waals surface area contributed by atoms with Crippen molar-refractivity contribution in [2.24, 2.45) is 0 Å². The first-order valence-electron chi connectivity index (χ1n) is 5.66. The smallest absolute Gasteiger partial charge is 0.178 e. The zero-order valence-corrected chi connectivity index (χ0v) is 12.0. The molecule has 0 unspecified atom stereocenters. The van der Waals surface area contributed by atoms with E-state index in [9.17, 15) is 0 Å². The molecule has 0 saturated carbocycles. The Morgan fingerprint density at radius 2 is 1.83 bits per heavy atom. The molecule has 0 aliphatic carbocycles. The van der Waals surface area contributed by atoms with Crippen molar-refractivity contribution in [1.82, 2.24) is 9.55 Å². The highest BCUT2D eigenvalue weighted by molar-refractivity contribution is 9.10. The van der Waals surface area contributed by atoms with Crippen molar-refractivity contribution in [2.45, 2.75) is 6.54 Å². The third-order valence-electron chi connectivity index (χ3n) is 2.94. The van der Waals surface area contributed by atoms with Crippen LogP contribution in [0.25, 0.3) is 11.0 Å². The van der Waals surface area contributed by atoms with Gasteiger partial charge in [0.15, 0.2) is 4.77 Å².